The van der Waals surface area contributed by atoms with Gasteiger partial charge < -0.3 is 14.5 Å². The van der Waals surface area contributed by atoms with Crippen LogP contribution in [0.3, 0.4) is 0 Å². The van der Waals surface area contributed by atoms with Crippen LogP contribution >= 0.6 is 0 Å². The Labute approximate surface area is 132 Å². The molecule has 2 aromatic rings. The van der Waals surface area contributed by atoms with E-state index in [4.69, 9.17) is 9.15 Å². The Morgan fingerprint density at radius 2 is 1.96 bits per heavy atom. The van der Waals surface area contributed by atoms with Gasteiger partial charge in [0, 0.05) is 17.2 Å². The molecule has 1 aliphatic carbocycles. The molecule has 1 saturated carbocycles. The van der Waals surface area contributed by atoms with Crippen molar-refractivity contribution in [2.24, 2.45) is 0 Å². The predicted octanol–water partition coefficient (Wildman–Crippen LogP) is 2.90. The van der Waals surface area contributed by atoms with E-state index >= 15 is 0 Å². The van der Waals surface area contributed by atoms with E-state index < -0.39 is 23.8 Å². The summed E-state index contributed by atoms with van der Waals surface area (Å²) in [6, 6.07) is 7.05. The SMILES string of the molecule is Cc1ccoc1C(=O)O[C@H](C(=O)NC1CC1)c1ccc(F)cc1. The Hall–Kier alpha value is -2.63. The number of carbonyl (C=O) groups excluding carboxylic acids is 2. The third-order valence-electron chi connectivity index (χ3n) is 3.61. The highest BCUT2D eigenvalue weighted by atomic mass is 19.1. The van der Waals surface area contributed by atoms with E-state index in [-0.39, 0.29) is 11.8 Å². The van der Waals surface area contributed by atoms with Crippen LogP contribution in [0.4, 0.5) is 4.39 Å². The first-order valence-corrected chi connectivity index (χ1v) is 7.35. The second-order valence-electron chi connectivity index (χ2n) is 5.55. The fraction of sp³-hybridized carbons (Fsp3) is 0.294. The number of aryl methyl sites for hydroxylation is 1. The van der Waals surface area contributed by atoms with Crippen molar-refractivity contribution in [3.63, 3.8) is 0 Å². The maximum Gasteiger partial charge on any atom is 0.375 e. The van der Waals surface area contributed by atoms with Gasteiger partial charge in [-0.3, -0.25) is 4.79 Å². The highest BCUT2D eigenvalue weighted by Crippen LogP contribution is 2.25. The van der Waals surface area contributed by atoms with Crippen LogP contribution in [-0.4, -0.2) is 17.9 Å². The molecule has 1 fully saturated rings. The maximum atomic E-state index is 13.1. The number of halogens is 1. The number of benzene rings is 1. The predicted molar refractivity (Wildman–Crippen MR) is 79.2 cm³/mol. The van der Waals surface area contributed by atoms with Gasteiger partial charge in [0.05, 0.1) is 6.26 Å². The van der Waals surface area contributed by atoms with Crippen molar-refractivity contribution < 1.29 is 23.1 Å². The second kappa shape index (κ2) is 6.24. The molecule has 0 bridgehead atoms. The zero-order valence-corrected chi connectivity index (χ0v) is 12.5. The average Bonchev–Trinajstić information content (AvgIpc) is 3.23. The largest absolute Gasteiger partial charge is 0.457 e. The smallest absolute Gasteiger partial charge is 0.375 e. The minimum atomic E-state index is -1.15. The molecule has 1 atom stereocenters. The molecule has 1 aromatic heterocycles. The molecule has 23 heavy (non-hydrogen) atoms. The Morgan fingerprint density at radius 1 is 1.26 bits per heavy atom. The lowest BCUT2D eigenvalue weighted by Crippen LogP contribution is -2.33. The van der Waals surface area contributed by atoms with Gasteiger partial charge in [0.2, 0.25) is 11.9 Å². The van der Waals surface area contributed by atoms with Crippen LogP contribution in [0.15, 0.2) is 41.0 Å². The fourth-order valence-corrected chi connectivity index (χ4v) is 2.16. The van der Waals surface area contributed by atoms with Gasteiger partial charge in [0.1, 0.15) is 5.82 Å². The number of amides is 1. The number of nitrogens with one attached hydrogen (secondary N) is 1. The van der Waals surface area contributed by atoms with E-state index in [1.807, 2.05) is 0 Å². The topological polar surface area (TPSA) is 68.5 Å². The van der Waals surface area contributed by atoms with Crippen LogP contribution in [-0.2, 0) is 9.53 Å². The molecule has 1 aromatic carbocycles. The molecular formula is C17H16FNO4. The van der Waals surface area contributed by atoms with Gasteiger partial charge in [-0.25, -0.2) is 9.18 Å². The van der Waals surface area contributed by atoms with Gasteiger partial charge in [-0.05, 0) is 38.0 Å². The van der Waals surface area contributed by atoms with E-state index in [1.54, 1.807) is 13.0 Å². The van der Waals surface area contributed by atoms with Crippen LogP contribution in [0.2, 0.25) is 0 Å². The lowest BCUT2D eigenvalue weighted by atomic mass is 10.1. The van der Waals surface area contributed by atoms with E-state index in [2.05, 4.69) is 5.32 Å². The van der Waals surface area contributed by atoms with E-state index in [0.29, 0.717) is 11.1 Å². The van der Waals surface area contributed by atoms with Crippen LogP contribution in [0.25, 0.3) is 0 Å². The molecule has 1 amide bonds. The molecule has 0 spiro atoms. The zero-order chi connectivity index (χ0) is 16.4. The van der Waals surface area contributed by atoms with Gasteiger partial charge in [-0.2, -0.15) is 0 Å². The molecule has 6 heteroatoms. The van der Waals surface area contributed by atoms with E-state index in [0.717, 1.165) is 12.8 Å². The first-order chi connectivity index (χ1) is 11.0. The van der Waals surface area contributed by atoms with Crippen molar-refractivity contribution in [3.05, 3.63) is 59.3 Å². The number of rotatable bonds is 5. The molecule has 0 aliphatic heterocycles. The fourth-order valence-electron chi connectivity index (χ4n) is 2.16. The summed E-state index contributed by atoms with van der Waals surface area (Å²) in [4.78, 5) is 24.6. The van der Waals surface area contributed by atoms with Crippen molar-refractivity contribution >= 4 is 11.9 Å². The lowest BCUT2D eigenvalue weighted by Gasteiger charge is -2.17. The highest BCUT2D eigenvalue weighted by molar-refractivity contribution is 5.91. The van der Waals surface area contributed by atoms with Gasteiger partial charge in [0.25, 0.3) is 5.91 Å². The Bertz CT molecular complexity index is 718. The molecule has 5 nitrogen and oxygen atoms in total. The van der Waals surface area contributed by atoms with Gasteiger partial charge in [-0.1, -0.05) is 12.1 Å². The summed E-state index contributed by atoms with van der Waals surface area (Å²) in [6.07, 6.45) is 2.05. The summed E-state index contributed by atoms with van der Waals surface area (Å²) in [5.74, 6) is -1.52. The molecule has 0 radical (unpaired) electrons. The Morgan fingerprint density at radius 3 is 2.52 bits per heavy atom. The first-order valence-electron chi connectivity index (χ1n) is 7.35. The molecule has 1 N–H and O–H groups in total. The zero-order valence-electron chi connectivity index (χ0n) is 12.5. The Kier molecular flexibility index (Phi) is 4.14. The molecule has 1 heterocycles. The monoisotopic (exact) mass is 317 g/mol. The third kappa shape index (κ3) is 3.59. The van der Waals surface area contributed by atoms with Crippen LogP contribution in [0.5, 0.6) is 0 Å². The summed E-state index contributed by atoms with van der Waals surface area (Å²) in [5.41, 5.74) is 1.03. The number of hydrogen-bond acceptors (Lipinski definition) is 4. The van der Waals surface area contributed by atoms with Gasteiger partial charge in [-0.15, -0.1) is 0 Å². The lowest BCUT2D eigenvalue weighted by molar-refractivity contribution is -0.130. The summed E-state index contributed by atoms with van der Waals surface area (Å²) in [6.45, 7) is 1.71. The quantitative estimate of drug-likeness (QED) is 0.861. The van der Waals surface area contributed by atoms with Crippen molar-refractivity contribution in [1.29, 1.82) is 0 Å². The number of carbonyl (C=O) groups is 2. The minimum absolute atomic E-state index is 0.0522. The van der Waals surface area contributed by atoms with Gasteiger partial charge in [0.15, 0.2) is 0 Å². The highest BCUT2D eigenvalue weighted by Gasteiger charge is 2.32. The third-order valence-corrected chi connectivity index (χ3v) is 3.61. The van der Waals surface area contributed by atoms with Crippen molar-refractivity contribution in [2.45, 2.75) is 31.9 Å². The molecular weight excluding hydrogens is 301 g/mol. The van der Waals surface area contributed by atoms with Crippen LogP contribution in [0, 0.1) is 12.7 Å². The molecule has 0 unspecified atom stereocenters. The van der Waals surface area contributed by atoms with Crippen molar-refractivity contribution in [3.8, 4) is 0 Å². The number of esters is 1. The number of ether oxygens (including phenoxy) is 1. The van der Waals surface area contributed by atoms with Gasteiger partial charge >= 0.3 is 5.97 Å². The summed E-state index contributed by atoms with van der Waals surface area (Å²) >= 11 is 0. The van der Waals surface area contributed by atoms with E-state index in [1.165, 1.54) is 30.5 Å². The minimum Gasteiger partial charge on any atom is -0.457 e. The number of furan rings is 1. The summed E-state index contributed by atoms with van der Waals surface area (Å²) < 4.78 is 23.5. The first kappa shape index (κ1) is 15.3. The Balaban J connectivity index is 1.82. The molecule has 120 valence electrons. The summed E-state index contributed by atoms with van der Waals surface area (Å²) in [5, 5.41) is 2.79. The standard InChI is InChI=1S/C17H16FNO4/c1-10-8-9-22-14(10)17(21)23-15(16(20)19-13-6-7-13)11-2-4-12(18)5-3-11/h2-5,8-9,13,15H,6-7H2,1H3,(H,19,20)/t15-/m0/s1. The number of hydrogen-bond donors (Lipinski definition) is 1. The molecule has 1 aliphatic rings. The summed E-state index contributed by atoms with van der Waals surface area (Å²) in [7, 11) is 0. The van der Waals surface area contributed by atoms with Crippen LogP contribution in [0.1, 0.15) is 40.6 Å². The maximum absolute atomic E-state index is 13.1. The average molecular weight is 317 g/mol. The second-order valence-corrected chi connectivity index (χ2v) is 5.55. The molecule has 3 rings (SSSR count). The van der Waals surface area contributed by atoms with E-state index in [9.17, 15) is 14.0 Å². The molecule has 0 saturated heterocycles. The van der Waals surface area contributed by atoms with Crippen molar-refractivity contribution in [2.75, 3.05) is 0 Å². The van der Waals surface area contributed by atoms with Crippen LogP contribution < -0.4 is 5.32 Å². The van der Waals surface area contributed by atoms with Crippen molar-refractivity contribution in [1.82, 2.24) is 5.32 Å². The normalized spacial score (nSPS) is 15.0.